The number of rotatable bonds is 6. The lowest BCUT2D eigenvalue weighted by Crippen LogP contribution is -2.00. The Labute approximate surface area is 120 Å². The second-order valence-electron chi connectivity index (χ2n) is 4.71. The van der Waals surface area contributed by atoms with Gasteiger partial charge in [0.15, 0.2) is 0 Å². The molecule has 2 nitrogen and oxygen atoms in total. The Morgan fingerprint density at radius 1 is 1.05 bits per heavy atom. The van der Waals surface area contributed by atoms with Crippen LogP contribution in [0.1, 0.15) is 23.1 Å². The van der Waals surface area contributed by atoms with E-state index in [1.807, 2.05) is 24.3 Å². The van der Waals surface area contributed by atoms with E-state index in [2.05, 4.69) is 36.4 Å². The zero-order valence-corrected chi connectivity index (χ0v) is 11.9. The van der Waals surface area contributed by atoms with Gasteiger partial charge in [0.1, 0.15) is 5.75 Å². The van der Waals surface area contributed by atoms with Gasteiger partial charge >= 0.3 is 0 Å². The second-order valence-corrected chi connectivity index (χ2v) is 4.71. The van der Waals surface area contributed by atoms with Crippen molar-refractivity contribution in [2.24, 2.45) is 5.73 Å². The molecule has 0 aliphatic heterocycles. The molecule has 104 valence electrons. The third-order valence-corrected chi connectivity index (χ3v) is 3.21. The highest BCUT2D eigenvalue weighted by molar-refractivity contribution is 5.72. The maximum absolute atomic E-state index is 5.55. The summed E-state index contributed by atoms with van der Waals surface area (Å²) in [5.41, 5.74) is 9.17. The molecule has 0 aliphatic rings. The highest BCUT2D eigenvalue weighted by Crippen LogP contribution is 2.20. The number of benzene rings is 2. The summed E-state index contributed by atoms with van der Waals surface area (Å²) in [6, 6.07) is 16.6. The van der Waals surface area contributed by atoms with E-state index in [-0.39, 0.29) is 0 Å². The predicted octanol–water partition coefficient (Wildman–Crippen LogP) is 3.76. The largest absolute Gasteiger partial charge is 0.496 e. The number of nitrogens with two attached hydrogens (primary N) is 1. The summed E-state index contributed by atoms with van der Waals surface area (Å²) >= 11 is 0. The zero-order chi connectivity index (χ0) is 14.2. The number of hydrogen-bond acceptors (Lipinski definition) is 2. The van der Waals surface area contributed by atoms with E-state index < -0.39 is 0 Å². The molecule has 2 heteroatoms. The van der Waals surface area contributed by atoms with Gasteiger partial charge in [0, 0.05) is 5.56 Å². The molecule has 2 rings (SSSR count). The van der Waals surface area contributed by atoms with E-state index in [9.17, 15) is 0 Å². The maximum atomic E-state index is 5.55. The molecule has 0 radical (unpaired) electrons. The Balaban J connectivity index is 2.14. The van der Waals surface area contributed by atoms with Gasteiger partial charge in [0.05, 0.1) is 7.11 Å². The van der Waals surface area contributed by atoms with Crippen molar-refractivity contribution in [3.8, 4) is 5.75 Å². The summed E-state index contributed by atoms with van der Waals surface area (Å²) in [5.74, 6) is 0.892. The number of para-hydroxylation sites is 1. The summed E-state index contributed by atoms with van der Waals surface area (Å²) in [6.45, 7) is 0.737. The van der Waals surface area contributed by atoms with Crippen LogP contribution in [0.25, 0.3) is 12.2 Å². The van der Waals surface area contributed by atoms with Crippen LogP contribution in [0, 0.1) is 0 Å². The molecule has 0 saturated heterocycles. The van der Waals surface area contributed by atoms with Crippen molar-refractivity contribution in [1.82, 2.24) is 0 Å². The highest BCUT2D eigenvalue weighted by Gasteiger charge is 1.97. The number of methoxy groups -OCH3 is 1. The van der Waals surface area contributed by atoms with Gasteiger partial charge in [-0.3, -0.25) is 0 Å². The molecule has 0 fully saturated rings. The van der Waals surface area contributed by atoms with Crippen molar-refractivity contribution >= 4 is 12.2 Å². The standard InChI is InChI=1S/C18H21NO/c1-20-18-10-3-2-9-17(18)12-11-16-7-4-6-15(14-16)8-5-13-19/h2-4,6-7,9-12,14H,5,8,13,19H2,1H3/b12-11+. The molecule has 2 aromatic carbocycles. The smallest absolute Gasteiger partial charge is 0.126 e. The fraction of sp³-hybridized carbons (Fsp3) is 0.222. The molecule has 0 heterocycles. The van der Waals surface area contributed by atoms with Crippen LogP contribution in [0.5, 0.6) is 5.75 Å². The SMILES string of the molecule is COc1ccccc1/C=C/c1cccc(CCCN)c1. The molecule has 2 aromatic rings. The zero-order valence-electron chi connectivity index (χ0n) is 11.9. The van der Waals surface area contributed by atoms with E-state index in [1.54, 1.807) is 7.11 Å². The van der Waals surface area contributed by atoms with Crippen molar-refractivity contribution in [3.63, 3.8) is 0 Å². The first-order valence-electron chi connectivity index (χ1n) is 6.93. The van der Waals surface area contributed by atoms with Crippen molar-refractivity contribution in [3.05, 3.63) is 65.2 Å². The van der Waals surface area contributed by atoms with Crippen molar-refractivity contribution in [2.75, 3.05) is 13.7 Å². The van der Waals surface area contributed by atoms with Crippen LogP contribution in [-0.4, -0.2) is 13.7 Å². The lowest BCUT2D eigenvalue weighted by molar-refractivity contribution is 0.414. The Morgan fingerprint density at radius 2 is 1.90 bits per heavy atom. The monoisotopic (exact) mass is 267 g/mol. The molecular weight excluding hydrogens is 246 g/mol. The second kappa shape index (κ2) is 7.51. The summed E-state index contributed by atoms with van der Waals surface area (Å²) in [6.07, 6.45) is 6.26. The van der Waals surface area contributed by atoms with Gasteiger partial charge in [-0.1, -0.05) is 54.6 Å². The van der Waals surface area contributed by atoms with Crippen LogP contribution in [0.2, 0.25) is 0 Å². The van der Waals surface area contributed by atoms with Crippen molar-refractivity contribution in [2.45, 2.75) is 12.8 Å². The van der Waals surface area contributed by atoms with Crippen molar-refractivity contribution in [1.29, 1.82) is 0 Å². The van der Waals surface area contributed by atoms with E-state index in [0.29, 0.717) is 0 Å². The Kier molecular flexibility index (Phi) is 5.39. The van der Waals surface area contributed by atoms with Gasteiger partial charge in [-0.2, -0.15) is 0 Å². The van der Waals surface area contributed by atoms with Crippen LogP contribution in [0.3, 0.4) is 0 Å². The summed E-state index contributed by atoms with van der Waals surface area (Å²) in [4.78, 5) is 0. The molecule has 0 unspecified atom stereocenters. The minimum atomic E-state index is 0.737. The molecule has 0 aromatic heterocycles. The first-order valence-corrected chi connectivity index (χ1v) is 6.93. The first-order chi connectivity index (χ1) is 9.83. The van der Waals surface area contributed by atoms with Crippen LogP contribution < -0.4 is 10.5 Å². The van der Waals surface area contributed by atoms with Gasteiger partial charge in [0.2, 0.25) is 0 Å². The normalized spacial score (nSPS) is 10.9. The molecular formula is C18H21NO. The molecule has 0 saturated carbocycles. The average molecular weight is 267 g/mol. The molecule has 0 atom stereocenters. The average Bonchev–Trinajstić information content (AvgIpc) is 2.51. The van der Waals surface area contributed by atoms with Gasteiger partial charge in [0.25, 0.3) is 0 Å². The summed E-state index contributed by atoms with van der Waals surface area (Å²) in [7, 11) is 1.69. The van der Waals surface area contributed by atoms with Gasteiger partial charge in [-0.15, -0.1) is 0 Å². The molecule has 0 amide bonds. The minimum Gasteiger partial charge on any atom is -0.496 e. The fourth-order valence-electron chi connectivity index (χ4n) is 2.15. The Morgan fingerprint density at radius 3 is 2.70 bits per heavy atom. The van der Waals surface area contributed by atoms with E-state index >= 15 is 0 Å². The Bertz CT molecular complexity index is 575. The third-order valence-electron chi connectivity index (χ3n) is 3.21. The van der Waals surface area contributed by atoms with Crippen LogP contribution in [-0.2, 0) is 6.42 Å². The van der Waals surface area contributed by atoms with Gasteiger partial charge in [-0.25, -0.2) is 0 Å². The fourth-order valence-corrected chi connectivity index (χ4v) is 2.15. The van der Waals surface area contributed by atoms with E-state index in [4.69, 9.17) is 10.5 Å². The Hall–Kier alpha value is -2.06. The highest BCUT2D eigenvalue weighted by atomic mass is 16.5. The summed E-state index contributed by atoms with van der Waals surface area (Å²) in [5, 5.41) is 0. The van der Waals surface area contributed by atoms with Gasteiger partial charge in [-0.05, 0) is 36.6 Å². The van der Waals surface area contributed by atoms with Crippen molar-refractivity contribution < 1.29 is 4.74 Å². The maximum Gasteiger partial charge on any atom is 0.126 e. The van der Waals surface area contributed by atoms with E-state index in [0.717, 1.165) is 30.7 Å². The lowest BCUT2D eigenvalue weighted by Gasteiger charge is -2.04. The molecule has 0 aliphatic carbocycles. The lowest BCUT2D eigenvalue weighted by atomic mass is 10.1. The number of aryl methyl sites for hydroxylation is 1. The van der Waals surface area contributed by atoms with Gasteiger partial charge < -0.3 is 10.5 Å². The van der Waals surface area contributed by atoms with Crippen LogP contribution in [0.4, 0.5) is 0 Å². The van der Waals surface area contributed by atoms with Crippen LogP contribution >= 0.6 is 0 Å². The van der Waals surface area contributed by atoms with Crippen LogP contribution in [0.15, 0.2) is 48.5 Å². The molecule has 0 bridgehead atoms. The first kappa shape index (κ1) is 14.4. The molecule has 0 spiro atoms. The number of hydrogen-bond donors (Lipinski definition) is 1. The predicted molar refractivity (Wildman–Crippen MR) is 85.7 cm³/mol. The molecule has 20 heavy (non-hydrogen) atoms. The topological polar surface area (TPSA) is 35.2 Å². The third kappa shape index (κ3) is 3.97. The van der Waals surface area contributed by atoms with E-state index in [1.165, 1.54) is 11.1 Å². The molecule has 2 N–H and O–H groups in total. The minimum absolute atomic E-state index is 0.737. The quantitative estimate of drug-likeness (QED) is 0.809. The summed E-state index contributed by atoms with van der Waals surface area (Å²) < 4.78 is 5.35. The number of ether oxygens (including phenoxy) is 1.